The number of nitrogens with one attached hydrogen (secondary N) is 2. The highest BCUT2D eigenvalue weighted by molar-refractivity contribution is 6.06. The van der Waals surface area contributed by atoms with Gasteiger partial charge in [0.05, 0.1) is 31.0 Å². The Labute approximate surface area is 146 Å². The number of rotatable bonds is 6. The van der Waals surface area contributed by atoms with Crippen molar-refractivity contribution in [1.29, 1.82) is 0 Å². The Morgan fingerprint density at radius 1 is 1.24 bits per heavy atom. The number of hydrogen-bond donors (Lipinski definition) is 2. The third-order valence-electron chi connectivity index (χ3n) is 3.50. The molecule has 7 heteroatoms. The second-order valence-electron chi connectivity index (χ2n) is 5.61. The van der Waals surface area contributed by atoms with E-state index in [1.54, 1.807) is 33.1 Å². The number of nitrogens with zero attached hydrogens (tertiary/aromatic N) is 1. The smallest absolute Gasteiger partial charge is 0.274 e. The Morgan fingerprint density at radius 3 is 2.64 bits per heavy atom. The van der Waals surface area contributed by atoms with Crippen LogP contribution in [0.15, 0.2) is 40.0 Å². The molecule has 1 heterocycles. The van der Waals surface area contributed by atoms with E-state index < -0.39 is 0 Å². The lowest BCUT2D eigenvalue weighted by molar-refractivity contribution is -0.115. The third-order valence-corrected chi connectivity index (χ3v) is 3.50. The molecule has 0 spiro atoms. The summed E-state index contributed by atoms with van der Waals surface area (Å²) in [6.45, 7) is 5.28. The van der Waals surface area contributed by atoms with E-state index in [4.69, 9.17) is 9.15 Å². The van der Waals surface area contributed by atoms with Crippen LogP contribution in [0.2, 0.25) is 0 Å². The summed E-state index contributed by atoms with van der Waals surface area (Å²) in [5, 5.41) is 6.73. The highest BCUT2D eigenvalue weighted by atomic mass is 16.5. The van der Waals surface area contributed by atoms with Crippen LogP contribution in [-0.2, 0) is 4.79 Å². The third kappa shape index (κ3) is 4.94. The Kier molecular flexibility index (Phi) is 5.94. The van der Waals surface area contributed by atoms with Crippen molar-refractivity contribution < 1.29 is 18.7 Å². The quantitative estimate of drug-likeness (QED) is 0.623. The number of hydrogen-bond acceptors (Lipinski definition) is 5. The van der Waals surface area contributed by atoms with Crippen molar-refractivity contribution >= 4 is 23.2 Å². The summed E-state index contributed by atoms with van der Waals surface area (Å²) in [6.07, 6.45) is 1.48. The topological polar surface area (TPSA) is 92.9 Å². The van der Waals surface area contributed by atoms with Gasteiger partial charge in [-0.25, -0.2) is 5.43 Å². The summed E-state index contributed by atoms with van der Waals surface area (Å²) >= 11 is 0. The van der Waals surface area contributed by atoms with Crippen LogP contribution in [0, 0.1) is 13.8 Å². The van der Waals surface area contributed by atoms with E-state index in [1.807, 2.05) is 19.1 Å². The molecule has 1 aromatic carbocycles. The molecule has 25 heavy (non-hydrogen) atoms. The standard InChI is InChI=1S/C18H21N3O4/c1-11-5-6-16(24-4)15(9-11)19-17(22)10-12(2)20-21-18(23)14-7-8-25-13(14)3/h5-9H,10H2,1-4H3,(H,19,22)(H,21,23)/b20-12+. The molecule has 2 aromatic rings. The first kappa shape index (κ1) is 18.3. The molecule has 0 atom stereocenters. The molecule has 132 valence electrons. The van der Waals surface area contributed by atoms with E-state index in [1.165, 1.54) is 6.26 Å². The first-order valence-electron chi connectivity index (χ1n) is 7.72. The fourth-order valence-corrected chi connectivity index (χ4v) is 2.21. The lowest BCUT2D eigenvalue weighted by Gasteiger charge is -2.11. The first-order valence-corrected chi connectivity index (χ1v) is 7.72. The lowest BCUT2D eigenvalue weighted by Crippen LogP contribution is -2.21. The number of aryl methyl sites for hydroxylation is 2. The van der Waals surface area contributed by atoms with Crippen molar-refractivity contribution in [3.8, 4) is 5.75 Å². The van der Waals surface area contributed by atoms with Gasteiger partial charge in [-0.05, 0) is 44.5 Å². The molecule has 0 saturated carbocycles. The molecule has 0 fully saturated rings. The second kappa shape index (κ2) is 8.14. The Hall–Kier alpha value is -3.09. The number of furan rings is 1. The van der Waals surface area contributed by atoms with Gasteiger partial charge >= 0.3 is 0 Å². The first-order chi connectivity index (χ1) is 11.9. The average Bonchev–Trinajstić information content (AvgIpc) is 2.99. The number of carbonyl (C=O) groups excluding carboxylic acids is 2. The van der Waals surface area contributed by atoms with Crippen molar-refractivity contribution in [3.05, 3.63) is 47.4 Å². The number of anilines is 1. The van der Waals surface area contributed by atoms with Crippen LogP contribution < -0.4 is 15.5 Å². The molecule has 1 aromatic heterocycles. The molecule has 2 amide bonds. The molecule has 0 bridgehead atoms. The SMILES string of the molecule is COc1ccc(C)cc1NC(=O)C/C(C)=N/NC(=O)c1ccoc1C. The molecule has 0 saturated heterocycles. The van der Waals surface area contributed by atoms with Crippen LogP contribution in [0.1, 0.15) is 35.0 Å². The molecule has 0 unspecified atom stereocenters. The van der Waals surface area contributed by atoms with Gasteiger partial charge in [-0.2, -0.15) is 5.10 Å². The molecule has 0 aliphatic heterocycles. The van der Waals surface area contributed by atoms with E-state index >= 15 is 0 Å². The van der Waals surface area contributed by atoms with Gasteiger partial charge in [-0.15, -0.1) is 0 Å². The molecular weight excluding hydrogens is 322 g/mol. The highest BCUT2D eigenvalue weighted by Crippen LogP contribution is 2.25. The minimum absolute atomic E-state index is 0.0434. The van der Waals surface area contributed by atoms with Crippen molar-refractivity contribution in [1.82, 2.24) is 5.43 Å². The largest absolute Gasteiger partial charge is 0.495 e. The molecule has 0 aliphatic rings. The fraction of sp³-hybridized carbons (Fsp3) is 0.278. The zero-order chi connectivity index (χ0) is 18.4. The van der Waals surface area contributed by atoms with Crippen LogP contribution in [0.5, 0.6) is 5.75 Å². The molecule has 2 rings (SSSR count). The van der Waals surface area contributed by atoms with E-state index in [2.05, 4.69) is 15.8 Å². The zero-order valence-electron chi connectivity index (χ0n) is 14.7. The van der Waals surface area contributed by atoms with Crippen LogP contribution in [0.4, 0.5) is 5.69 Å². The fourth-order valence-electron chi connectivity index (χ4n) is 2.21. The summed E-state index contributed by atoms with van der Waals surface area (Å²) in [5.41, 5.74) is 4.89. The van der Waals surface area contributed by atoms with Crippen molar-refractivity contribution in [3.63, 3.8) is 0 Å². The molecule has 0 aliphatic carbocycles. The molecule has 2 N–H and O–H groups in total. The number of methoxy groups -OCH3 is 1. The molecular formula is C18H21N3O4. The number of benzene rings is 1. The van der Waals surface area contributed by atoms with Gasteiger partial charge < -0.3 is 14.5 Å². The van der Waals surface area contributed by atoms with Gasteiger partial charge in [-0.1, -0.05) is 6.07 Å². The van der Waals surface area contributed by atoms with Gasteiger partial charge in [0, 0.05) is 5.71 Å². The van der Waals surface area contributed by atoms with Crippen molar-refractivity contribution in [2.45, 2.75) is 27.2 Å². The Bertz CT molecular complexity index is 808. The van der Waals surface area contributed by atoms with Gasteiger partial charge in [0.1, 0.15) is 11.5 Å². The van der Waals surface area contributed by atoms with E-state index in [0.717, 1.165) is 5.56 Å². The maximum Gasteiger partial charge on any atom is 0.274 e. The van der Waals surface area contributed by atoms with Gasteiger partial charge in [0.25, 0.3) is 5.91 Å². The van der Waals surface area contributed by atoms with Crippen LogP contribution in [-0.4, -0.2) is 24.6 Å². The van der Waals surface area contributed by atoms with E-state index in [-0.39, 0.29) is 18.2 Å². The molecule has 0 radical (unpaired) electrons. The lowest BCUT2D eigenvalue weighted by atomic mass is 10.2. The monoisotopic (exact) mass is 343 g/mol. The summed E-state index contributed by atoms with van der Waals surface area (Å²) in [7, 11) is 1.54. The van der Waals surface area contributed by atoms with E-state index in [0.29, 0.717) is 28.5 Å². The summed E-state index contributed by atoms with van der Waals surface area (Å²) in [5.74, 6) is 0.456. The number of carbonyl (C=O) groups is 2. The van der Waals surface area contributed by atoms with Gasteiger partial charge in [-0.3, -0.25) is 9.59 Å². The van der Waals surface area contributed by atoms with Crippen LogP contribution >= 0.6 is 0 Å². The zero-order valence-corrected chi connectivity index (χ0v) is 14.7. The second-order valence-corrected chi connectivity index (χ2v) is 5.61. The van der Waals surface area contributed by atoms with Gasteiger partial charge in [0.15, 0.2) is 0 Å². The predicted molar refractivity (Wildman–Crippen MR) is 95.0 cm³/mol. The minimum Gasteiger partial charge on any atom is -0.495 e. The summed E-state index contributed by atoms with van der Waals surface area (Å²) in [6, 6.07) is 7.08. The highest BCUT2D eigenvalue weighted by Gasteiger charge is 2.12. The average molecular weight is 343 g/mol. The Morgan fingerprint density at radius 2 is 2.00 bits per heavy atom. The maximum atomic E-state index is 12.2. The minimum atomic E-state index is -0.383. The number of amides is 2. The summed E-state index contributed by atoms with van der Waals surface area (Å²) < 4.78 is 10.3. The summed E-state index contributed by atoms with van der Waals surface area (Å²) in [4.78, 5) is 24.1. The number of ether oxygens (including phenoxy) is 1. The normalized spacial score (nSPS) is 11.1. The predicted octanol–water partition coefficient (Wildman–Crippen LogP) is 3.04. The van der Waals surface area contributed by atoms with Crippen molar-refractivity contribution in [2.75, 3.05) is 12.4 Å². The van der Waals surface area contributed by atoms with Crippen LogP contribution in [0.3, 0.4) is 0 Å². The van der Waals surface area contributed by atoms with Gasteiger partial charge in [0.2, 0.25) is 5.91 Å². The molecule has 7 nitrogen and oxygen atoms in total. The maximum absolute atomic E-state index is 12.2. The van der Waals surface area contributed by atoms with Crippen molar-refractivity contribution in [2.24, 2.45) is 5.10 Å². The van der Waals surface area contributed by atoms with E-state index in [9.17, 15) is 9.59 Å². The number of hydrazone groups is 1. The Balaban J connectivity index is 1.95. The van der Waals surface area contributed by atoms with Crippen LogP contribution in [0.25, 0.3) is 0 Å².